The number of amides is 1. The fraction of sp³-hybridized carbons (Fsp3) is 0.500. The maximum atomic E-state index is 12.6. The molecular weight excluding hydrogens is 402 g/mol. The lowest BCUT2D eigenvalue weighted by Gasteiger charge is -2.19. The number of hydrogen-bond donors (Lipinski definition) is 1. The smallest absolute Gasteiger partial charge is 0.254 e. The molecule has 1 amide bonds. The number of carbonyl (C=O) groups is 1. The molecule has 2 aromatic rings. The van der Waals surface area contributed by atoms with Crippen LogP contribution in [0.1, 0.15) is 44.5 Å². The van der Waals surface area contributed by atoms with Crippen molar-refractivity contribution in [3.8, 4) is 11.5 Å². The average Bonchev–Trinajstić information content (AvgIpc) is 3.10. The molecule has 0 radical (unpaired) electrons. The molecular formula is C22H29N3O4S. The van der Waals surface area contributed by atoms with E-state index in [0.29, 0.717) is 35.4 Å². The fourth-order valence-electron chi connectivity index (χ4n) is 3.36. The molecule has 0 fully saturated rings. The van der Waals surface area contributed by atoms with Crippen molar-refractivity contribution in [2.24, 2.45) is 0 Å². The van der Waals surface area contributed by atoms with E-state index < -0.39 is 0 Å². The van der Waals surface area contributed by atoms with Gasteiger partial charge in [0.2, 0.25) is 5.91 Å². The zero-order valence-corrected chi connectivity index (χ0v) is 19.0. The topological polar surface area (TPSA) is 82.5 Å². The van der Waals surface area contributed by atoms with E-state index in [0.717, 1.165) is 11.3 Å². The lowest BCUT2D eigenvalue weighted by molar-refractivity contribution is -0.121. The number of fused-ring (bicyclic) bond motifs is 1. The van der Waals surface area contributed by atoms with Crippen molar-refractivity contribution in [1.29, 1.82) is 0 Å². The summed E-state index contributed by atoms with van der Waals surface area (Å²) in [4.78, 5) is 29.7. The van der Waals surface area contributed by atoms with Crippen LogP contribution in [0.2, 0.25) is 0 Å². The summed E-state index contributed by atoms with van der Waals surface area (Å²) < 4.78 is 12.2. The molecule has 1 unspecified atom stereocenters. The molecule has 1 N–H and O–H groups in total. The van der Waals surface area contributed by atoms with Crippen molar-refractivity contribution >= 4 is 17.7 Å². The maximum absolute atomic E-state index is 12.6. The highest BCUT2D eigenvalue weighted by Crippen LogP contribution is 2.33. The second kappa shape index (κ2) is 9.12. The summed E-state index contributed by atoms with van der Waals surface area (Å²) >= 11 is 1.54. The summed E-state index contributed by atoms with van der Waals surface area (Å²) in [5.41, 5.74) is 1.56. The van der Waals surface area contributed by atoms with Crippen molar-refractivity contribution < 1.29 is 14.3 Å². The van der Waals surface area contributed by atoms with Crippen molar-refractivity contribution in [2.75, 3.05) is 26.5 Å². The van der Waals surface area contributed by atoms with Crippen LogP contribution < -0.4 is 20.3 Å². The summed E-state index contributed by atoms with van der Waals surface area (Å²) in [5.74, 6) is 1.96. The molecule has 3 rings (SSSR count). The summed E-state index contributed by atoms with van der Waals surface area (Å²) in [6.45, 7) is 6.62. The third-order valence-electron chi connectivity index (χ3n) is 5.06. The van der Waals surface area contributed by atoms with Crippen molar-refractivity contribution in [2.45, 2.75) is 50.2 Å². The molecule has 1 atom stereocenters. The Balaban J connectivity index is 1.58. The molecule has 30 heavy (non-hydrogen) atoms. The van der Waals surface area contributed by atoms with Gasteiger partial charge in [0.25, 0.3) is 5.56 Å². The highest BCUT2D eigenvalue weighted by atomic mass is 32.2. The van der Waals surface area contributed by atoms with Gasteiger partial charge in [0.05, 0.1) is 26.0 Å². The van der Waals surface area contributed by atoms with E-state index in [2.05, 4.69) is 10.3 Å². The highest BCUT2D eigenvalue weighted by molar-refractivity contribution is 7.99. The Kier molecular flexibility index (Phi) is 6.75. The number of thioether (sulfide) groups is 1. The van der Waals surface area contributed by atoms with E-state index in [1.807, 2.05) is 39.0 Å². The fourth-order valence-corrected chi connectivity index (χ4v) is 4.51. The molecule has 0 spiro atoms. The van der Waals surface area contributed by atoms with Gasteiger partial charge >= 0.3 is 0 Å². The van der Waals surface area contributed by atoms with Gasteiger partial charge in [0.15, 0.2) is 16.7 Å². The molecule has 0 saturated carbocycles. The van der Waals surface area contributed by atoms with Gasteiger partial charge in [-0.05, 0) is 24.1 Å². The van der Waals surface area contributed by atoms with E-state index in [9.17, 15) is 9.59 Å². The third kappa shape index (κ3) is 4.98. The normalized spacial score (nSPS) is 15.6. The number of carbonyl (C=O) groups excluding carboxylic acids is 1. The molecule has 1 aliphatic rings. The third-order valence-corrected chi connectivity index (χ3v) is 6.16. The van der Waals surface area contributed by atoms with E-state index in [4.69, 9.17) is 9.47 Å². The van der Waals surface area contributed by atoms with Gasteiger partial charge in [-0.15, -0.1) is 0 Å². The Morgan fingerprint density at radius 2 is 1.97 bits per heavy atom. The molecule has 8 heteroatoms. The number of aromatic nitrogens is 2. The van der Waals surface area contributed by atoms with Crippen LogP contribution in [0.3, 0.4) is 0 Å². The highest BCUT2D eigenvalue weighted by Gasteiger charge is 2.29. The summed E-state index contributed by atoms with van der Waals surface area (Å²) in [5, 5.41) is 3.66. The summed E-state index contributed by atoms with van der Waals surface area (Å²) in [6.07, 6.45) is 0.945. The minimum absolute atomic E-state index is 0.0688. The number of methoxy groups -OCH3 is 2. The quantitative estimate of drug-likeness (QED) is 0.679. The minimum atomic E-state index is -0.186. The van der Waals surface area contributed by atoms with Gasteiger partial charge in [-0.3, -0.25) is 14.2 Å². The number of rotatable bonds is 7. The number of nitrogens with one attached hydrogen (secondary N) is 1. The van der Waals surface area contributed by atoms with Crippen LogP contribution in [0.15, 0.2) is 34.2 Å². The maximum Gasteiger partial charge on any atom is 0.254 e. The largest absolute Gasteiger partial charge is 0.493 e. The molecule has 1 aromatic heterocycles. The Bertz CT molecular complexity index is 981. The van der Waals surface area contributed by atoms with Gasteiger partial charge in [-0.2, -0.15) is 0 Å². The first kappa shape index (κ1) is 22.2. The molecule has 2 heterocycles. The van der Waals surface area contributed by atoms with Crippen LogP contribution in [-0.2, 0) is 16.6 Å². The minimum Gasteiger partial charge on any atom is -0.493 e. The van der Waals surface area contributed by atoms with Crippen LogP contribution in [0.4, 0.5) is 0 Å². The van der Waals surface area contributed by atoms with Crippen molar-refractivity contribution in [3.63, 3.8) is 0 Å². The predicted molar refractivity (Wildman–Crippen MR) is 118 cm³/mol. The first-order valence-corrected chi connectivity index (χ1v) is 11.0. The predicted octanol–water partition coefficient (Wildman–Crippen LogP) is 2.95. The van der Waals surface area contributed by atoms with Gasteiger partial charge in [-0.25, -0.2) is 4.98 Å². The SMILES string of the molecule is COc1ccc(CCNC(=O)CC2CSc3nc(C(C)(C)C)cc(=O)n32)cc1OC. The zero-order valence-electron chi connectivity index (χ0n) is 18.2. The van der Waals surface area contributed by atoms with E-state index in [1.54, 1.807) is 24.9 Å². The number of ether oxygens (including phenoxy) is 2. The van der Waals surface area contributed by atoms with E-state index >= 15 is 0 Å². The van der Waals surface area contributed by atoms with Crippen LogP contribution in [-0.4, -0.2) is 42.0 Å². The molecule has 0 saturated heterocycles. The Hall–Kier alpha value is -2.48. The zero-order chi connectivity index (χ0) is 21.9. The Labute approximate surface area is 181 Å². The van der Waals surface area contributed by atoms with Gasteiger partial charge in [-0.1, -0.05) is 38.6 Å². The monoisotopic (exact) mass is 431 g/mol. The van der Waals surface area contributed by atoms with Crippen LogP contribution in [0, 0.1) is 0 Å². The van der Waals surface area contributed by atoms with Crippen LogP contribution >= 0.6 is 11.8 Å². The molecule has 0 aliphatic carbocycles. The number of benzene rings is 1. The number of nitrogens with zero attached hydrogens (tertiary/aromatic N) is 2. The standard InChI is InChI=1S/C22H29N3O4S/c1-22(2,3)18-12-20(27)25-15(13-30-21(25)24-18)11-19(26)23-9-8-14-6-7-16(28-4)17(10-14)29-5/h6-7,10,12,15H,8-9,11,13H2,1-5H3,(H,23,26). The molecule has 1 aromatic carbocycles. The molecule has 162 valence electrons. The van der Waals surface area contributed by atoms with Gasteiger partial charge in [0, 0.05) is 30.2 Å². The Morgan fingerprint density at radius 1 is 1.23 bits per heavy atom. The lowest BCUT2D eigenvalue weighted by Crippen LogP contribution is -2.32. The van der Waals surface area contributed by atoms with E-state index in [1.165, 1.54) is 11.8 Å². The summed E-state index contributed by atoms with van der Waals surface area (Å²) in [6, 6.07) is 7.15. The van der Waals surface area contributed by atoms with Crippen molar-refractivity contribution in [3.05, 3.63) is 45.9 Å². The van der Waals surface area contributed by atoms with Gasteiger partial charge < -0.3 is 14.8 Å². The first-order valence-electron chi connectivity index (χ1n) is 9.97. The lowest BCUT2D eigenvalue weighted by atomic mass is 9.92. The van der Waals surface area contributed by atoms with E-state index in [-0.39, 0.29) is 29.3 Å². The molecule has 0 bridgehead atoms. The second-order valence-electron chi connectivity index (χ2n) is 8.34. The second-order valence-corrected chi connectivity index (χ2v) is 9.33. The van der Waals surface area contributed by atoms with Gasteiger partial charge in [0.1, 0.15) is 0 Å². The van der Waals surface area contributed by atoms with Crippen LogP contribution in [0.5, 0.6) is 11.5 Å². The Morgan fingerprint density at radius 3 is 2.63 bits per heavy atom. The molecule has 7 nitrogen and oxygen atoms in total. The average molecular weight is 432 g/mol. The molecule has 1 aliphatic heterocycles. The van der Waals surface area contributed by atoms with Crippen LogP contribution in [0.25, 0.3) is 0 Å². The van der Waals surface area contributed by atoms with Crippen molar-refractivity contribution in [1.82, 2.24) is 14.9 Å². The number of hydrogen-bond acceptors (Lipinski definition) is 6. The summed E-state index contributed by atoms with van der Waals surface area (Å²) in [7, 11) is 3.20. The first-order chi connectivity index (χ1) is 14.2.